The summed E-state index contributed by atoms with van der Waals surface area (Å²) >= 11 is 0. The fraction of sp³-hybridized carbons (Fsp3) is 0.263. The highest BCUT2D eigenvalue weighted by molar-refractivity contribution is 5.94. The van der Waals surface area contributed by atoms with Crippen LogP contribution >= 0.6 is 0 Å². The maximum absolute atomic E-state index is 12.0. The number of anilines is 1. The Hall–Kier alpha value is -2.66. The molecule has 0 saturated heterocycles. The number of benzene rings is 2. The van der Waals surface area contributed by atoms with Gasteiger partial charge in [0.15, 0.2) is 5.60 Å². The third kappa shape index (κ3) is 3.46. The first kappa shape index (κ1) is 17.7. The Morgan fingerprint density at radius 3 is 1.88 bits per heavy atom. The van der Waals surface area contributed by atoms with Crippen LogP contribution in [0.1, 0.15) is 31.9 Å². The van der Waals surface area contributed by atoms with Crippen LogP contribution in [0, 0.1) is 5.41 Å². The van der Waals surface area contributed by atoms with Gasteiger partial charge in [-0.2, -0.15) is 0 Å². The third-order valence-corrected chi connectivity index (χ3v) is 3.79. The van der Waals surface area contributed by atoms with Gasteiger partial charge in [0.1, 0.15) is 0 Å². The monoisotopic (exact) mass is 326 g/mol. The van der Waals surface area contributed by atoms with Gasteiger partial charge in [0.05, 0.1) is 0 Å². The van der Waals surface area contributed by atoms with Crippen molar-refractivity contribution >= 4 is 17.5 Å². The first-order valence-corrected chi connectivity index (χ1v) is 7.65. The van der Waals surface area contributed by atoms with Crippen molar-refractivity contribution < 1.29 is 14.7 Å². The molecule has 1 atom stereocenters. The minimum absolute atomic E-state index is 0.122. The molecule has 2 rings (SSSR count). The Labute approximate surface area is 141 Å². The fourth-order valence-corrected chi connectivity index (χ4v) is 2.24. The van der Waals surface area contributed by atoms with Crippen LogP contribution < -0.4 is 11.1 Å². The first-order chi connectivity index (χ1) is 11.2. The summed E-state index contributed by atoms with van der Waals surface area (Å²) in [5.41, 5.74) is 4.33. The van der Waals surface area contributed by atoms with E-state index in [1.165, 1.54) is 0 Å². The Morgan fingerprint density at radius 1 is 0.917 bits per heavy atom. The van der Waals surface area contributed by atoms with Crippen molar-refractivity contribution in [2.24, 2.45) is 11.1 Å². The second kappa shape index (κ2) is 6.45. The van der Waals surface area contributed by atoms with Crippen molar-refractivity contribution in [1.29, 1.82) is 0 Å². The molecule has 0 saturated carbocycles. The van der Waals surface area contributed by atoms with Crippen molar-refractivity contribution in [3.63, 3.8) is 0 Å². The Bertz CT molecular complexity index is 733. The zero-order chi connectivity index (χ0) is 18.0. The highest BCUT2D eigenvalue weighted by Gasteiger charge is 2.38. The van der Waals surface area contributed by atoms with E-state index in [-0.39, 0.29) is 5.91 Å². The van der Waals surface area contributed by atoms with E-state index in [1.807, 2.05) is 20.8 Å². The molecule has 2 aromatic rings. The van der Waals surface area contributed by atoms with E-state index in [4.69, 9.17) is 5.73 Å². The number of hydrogen-bond acceptors (Lipinski definition) is 3. The van der Waals surface area contributed by atoms with Gasteiger partial charge in [-0.3, -0.25) is 9.59 Å². The highest BCUT2D eigenvalue weighted by atomic mass is 16.3. The largest absolute Gasteiger partial charge is 0.372 e. The minimum atomic E-state index is -1.92. The van der Waals surface area contributed by atoms with Gasteiger partial charge in [0.2, 0.25) is 5.91 Å². The second-order valence-corrected chi connectivity index (χ2v) is 6.72. The smallest absolute Gasteiger partial charge is 0.258 e. The molecule has 0 aliphatic carbocycles. The molecule has 0 bridgehead atoms. The summed E-state index contributed by atoms with van der Waals surface area (Å²) < 4.78 is 0. The number of carbonyl (C=O) groups excluding carboxylic acids is 2. The predicted molar refractivity (Wildman–Crippen MR) is 93.2 cm³/mol. The Kier molecular flexibility index (Phi) is 4.76. The predicted octanol–water partition coefficient (Wildman–Crippen LogP) is 2.39. The van der Waals surface area contributed by atoms with E-state index in [0.717, 1.165) is 0 Å². The van der Waals surface area contributed by atoms with Crippen molar-refractivity contribution in [3.05, 3.63) is 65.7 Å². The fourth-order valence-electron chi connectivity index (χ4n) is 2.24. The average Bonchev–Trinajstić information content (AvgIpc) is 2.54. The number of carbonyl (C=O) groups is 2. The summed E-state index contributed by atoms with van der Waals surface area (Å²) in [4.78, 5) is 23.9. The zero-order valence-corrected chi connectivity index (χ0v) is 14.0. The summed E-state index contributed by atoms with van der Waals surface area (Å²) in [6.45, 7) is 5.45. The highest BCUT2D eigenvalue weighted by Crippen LogP contribution is 2.30. The van der Waals surface area contributed by atoms with Gasteiger partial charge in [-0.15, -0.1) is 0 Å². The molecule has 2 aromatic carbocycles. The van der Waals surface area contributed by atoms with Gasteiger partial charge in [0.25, 0.3) is 5.91 Å². The SMILES string of the molecule is CC(C)(C)C(=O)Nc1ccc(C(O)(C(N)=O)c2ccccc2)cc1. The van der Waals surface area contributed by atoms with Crippen LogP contribution in [0.2, 0.25) is 0 Å². The molecular formula is C19H22N2O3. The quantitative estimate of drug-likeness (QED) is 0.805. The lowest BCUT2D eigenvalue weighted by molar-refractivity contribution is -0.133. The van der Waals surface area contributed by atoms with Crippen LogP contribution in [0.3, 0.4) is 0 Å². The maximum atomic E-state index is 12.0. The van der Waals surface area contributed by atoms with E-state index in [0.29, 0.717) is 16.8 Å². The van der Waals surface area contributed by atoms with Crippen LogP contribution in [0.15, 0.2) is 54.6 Å². The van der Waals surface area contributed by atoms with Crippen molar-refractivity contribution in [3.8, 4) is 0 Å². The van der Waals surface area contributed by atoms with E-state index >= 15 is 0 Å². The lowest BCUT2D eigenvalue weighted by Crippen LogP contribution is -2.42. The summed E-state index contributed by atoms with van der Waals surface area (Å²) in [6, 6.07) is 14.9. The molecule has 0 spiro atoms. The Balaban J connectivity index is 2.34. The Morgan fingerprint density at radius 2 is 1.42 bits per heavy atom. The first-order valence-electron chi connectivity index (χ1n) is 7.65. The van der Waals surface area contributed by atoms with E-state index in [2.05, 4.69) is 5.32 Å². The van der Waals surface area contributed by atoms with E-state index in [9.17, 15) is 14.7 Å². The number of amides is 2. The van der Waals surface area contributed by atoms with Crippen molar-refractivity contribution in [2.45, 2.75) is 26.4 Å². The van der Waals surface area contributed by atoms with Crippen LogP contribution in [0.4, 0.5) is 5.69 Å². The van der Waals surface area contributed by atoms with Crippen LogP contribution in [0.5, 0.6) is 0 Å². The zero-order valence-electron chi connectivity index (χ0n) is 14.0. The number of nitrogens with two attached hydrogens (primary N) is 1. The lowest BCUT2D eigenvalue weighted by atomic mass is 9.85. The third-order valence-electron chi connectivity index (χ3n) is 3.79. The number of aliphatic hydroxyl groups is 1. The topological polar surface area (TPSA) is 92.4 Å². The van der Waals surface area contributed by atoms with E-state index in [1.54, 1.807) is 54.6 Å². The summed E-state index contributed by atoms with van der Waals surface area (Å²) in [5, 5.41) is 13.7. The molecule has 0 heterocycles. The molecule has 0 aliphatic rings. The number of primary amides is 1. The standard InChI is InChI=1S/C19H22N2O3/c1-18(2,3)17(23)21-15-11-9-14(10-12-15)19(24,16(20)22)13-7-5-4-6-8-13/h4-12,24H,1-3H3,(H2,20,22)(H,21,23). The van der Waals surface area contributed by atoms with Gasteiger partial charge < -0.3 is 16.2 Å². The average molecular weight is 326 g/mol. The molecule has 5 nitrogen and oxygen atoms in total. The summed E-state index contributed by atoms with van der Waals surface area (Å²) in [5.74, 6) is -0.983. The molecule has 0 aliphatic heterocycles. The number of hydrogen-bond donors (Lipinski definition) is 3. The van der Waals surface area contributed by atoms with E-state index < -0.39 is 16.9 Å². The molecule has 0 aromatic heterocycles. The molecule has 24 heavy (non-hydrogen) atoms. The molecular weight excluding hydrogens is 304 g/mol. The molecule has 1 unspecified atom stereocenters. The normalized spacial score (nSPS) is 13.8. The van der Waals surface area contributed by atoms with Gasteiger partial charge in [0, 0.05) is 11.1 Å². The number of nitrogens with one attached hydrogen (secondary N) is 1. The molecule has 4 N–H and O–H groups in total. The van der Waals surface area contributed by atoms with Crippen LogP contribution in [-0.4, -0.2) is 16.9 Å². The van der Waals surface area contributed by atoms with Gasteiger partial charge in [-0.25, -0.2) is 0 Å². The maximum Gasteiger partial charge on any atom is 0.258 e. The van der Waals surface area contributed by atoms with Crippen LogP contribution in [-0.2, 0) is 15.2 Å². The molecule has 0 fully saturated rings. The second-order valence-electron chi connectivity index (χ2n) is 6.72. The number of rotatable bonds is 4. The molecule has 5 heteroatoms. The van der Waals surface area contributed by atoms with Gasteiger partial charge in [-0.05, 0) is 23.3 Å². The van der Waals surface area contributed by atoms with Crippen molar-refractivity contribution in [2.75, 3.05) is 5.32 Å². The lowest BCUT2D eigenvalue weighted by Gasteiger charge is -2.26. The summed E-state index contributed by atoms with van der Waals surface area (Å²) in [7, 11) is 0. The minimum Gasteiger partial charge on any atom is -0.372 e. The molecule has 126 valence electrons. The van der Waals surface area contributed by atoms with Crippen molar-refractivity contribution in [1.82, 2.24) is 0 Å². The van der Waals surface area contributed by atoms with Gasteiger partial charge >= 0.3 is 0 Å². The molecule has 2 amide bonds. The van der Waals surface area contributed by atoms with Crippen LogP contribution in [0.25, 0.3) is 0 Å². The summed E-state index contributed by atoms with van der Waals surface area (Å²) in [6.07, 6.45) is 0. The molecule has 0 radical (unpaired) electrons. The van der Waals surface area contributed by atoms with Gasteiger partial charge in [-0.1, -0.05) is 63.2 Å².